The maximum atomic E-state index is 11.2. The molecule has 4 heteroatoms. The highest BCUT2D eigenvalue weighted by Crippen LogP contribution is 2.39. The third kappa shape index (κ3) is 5.71. The van der Waals surface area contributed by atoms with Gasteiger partial charge in [0.1, 0.15) is 0 Å². The van der Waals surface area contributed by atoms with Crippen molar-refractivity contribution in [2.24, 2.45) is 5.41 Å². The Morgan fingerprint density at radius 3 is 2.47 bits per heavy atom. The number of piperidine rings is 1. The van der Waals surface area contributed by atoms with Gasteiger partial charge in [0.2, 0.25) is 5.91 Å². The van der Waals surface area contributed by atoms with Crippen molar-refractivity contribution in [1.82, 2.24) is 9.80 Å². The summed E-state index contributed by atoms with van der Waals surface area (Å²) in [7, 11) is 0. The first-order chi connectivity index (χ1) is 14.6. The summed E-state index contributed by atoms with van der Waals surface area (Å²) >= 11 is 0. The fourth-order valence-electron chi connectivity index (χ4n) is 5.30. The van der Waals surface area contributed by atoms with E-state index in [1.54, 1.807) is 6.92 Å². The Labute approximate surface area is 181 Å². The summed E-state index contributed by atoms with van der Waals surface area (Å²) in [5.74, 6) is -0.0187. The van der Waals surface area contributed by atoms with E-state index in [1.165, 1.54) is 76.0 Å². The Morgan fingerprint density at radius 2 is 1.70 bits per heavy atom. The fraction of sp³-hybridized carbons (Fsp3) is 0.500. The van der Waals surface area contributed by atoms with Gasteiger partial charge in [0.15, 0.2) is 0 Å². The molecule has 2 aromatic rings. The maximum Gasteiger partial charge on any atom is 0.221 e. The van der Waals surface area contributed by atoms with Gasteiger partial charge >= 0.3 is 0 Å². The average Bonchev–Trinajstić information content (AvgIpc) is 3.11. The standard InChI is InChI=1S/C26H35N3O/c1-22(30)27-25-12-10-24(11-13-25)19-29-18-15-26(21-29)14-6-17-28(20-26)16-5-9-23-7-3-2-4-8-23/h2-4,7-8,10-13H,5-6,9,14-21H2,1H3,(H,27,30)/t26-/m0/s1. The molecule has 30 heavy (non-hydrogen) atoms. The van der Waals surface area contributed by atoms with Crippen molar-refractivity contribution in [2.75, 3.05) is 38.0 Å². The van der Waals surface area contributed by atoms with Gasteiger partial charge in [0.25, 0.3) is 0 Å². The lowest BCUT2D eigenvalue weighted by atomic mass is 9.79. The highest BCUT2D eigenvalue weighted by atomic mass is 16.1. The van der Waals surface area contributed by atoms with Crippen LogP contribution < -0.4 is 5.32 Å². The van der Waals surface area contributed by atoms with Gasteiger partial charge in [-0.2, -0.15) is 0 Å². The van der Waals surface area contributed by atoms with Crippen LogP contribution >= 0.6 is 0 Å². The third-order valence-electron chi connectivity index (χ3n) is 6.72. The van der Waals surface area contributed by atoms with Crippen LogP contribution in [0.1, 0.15) is 43.7 Å². The molecule has 2 aromatic carbocycles. The van der Waals surface area contributed by atoms with Crippen LogP contribution in [0.15, 0.2) is 54.6 Å². The van der Waals surface area contributed by atoms with Crippen LogP contribution in [0.4, 0.5) is 5.69 Å². The molecule has 2 aliphatic rings. The van der Waals surface area contributed by atoms with Crippen LogP contribution in [0, 0.1) is 5.41 Å². The minimum Gasteiger partial charge on any atom is -0.326 e. The summed E-state index contributed by atoms with van der Waals surface area (Å²) in [4.78, 5) is 16.5. The van der Waals surface area contributed by atoms with Gasteiger partial charge in [0, 0.05) is 32.2 Å². The molecule has 0 saturated carbocycles. The number of benzene rings is 2. The van der Waals surface area contributed by atoms with Crippen molar-refractivity contribution in [1.29, 1.82) is 0 Å². The number of hydrogen-bond donors (Lipinski definition) is 1. The minimum absolute atomic E-state index is 0.0187. The quantitative estimate of drug-likeness (QED) is 0.733. The van der Waals surface area contributed by atoms with Crippen LogP contribution in [0.5, 0.6) is 0 Å². The summed E-state index contributed by atoms with van der Waals surface area (Å²) in [5.41, 5.74) is 4.15. The first-order valence-electron chi connectivity index (χ1n) is 11.5. The van der Waals surface area contributed by atoms with Gasteiger partial charge < -0.3 is 10.2 Å². The van der Waals surface area contributed by atoms with E-state index < -0.39 is 0 Å². The van der Waals surface area contributed by atoms with Crippen molar-refractivity contribution in [3.05, 3.63) is 65.7 Å². The van der Waals surface area contributed by atoms with Crippen LogP contribution in [-0.4, -0.2) is 48.4 Å². The summed E-state index contributed by atoms with van der Waals surface area (Å²) in [6.07, 6.45) is 6.48. The number of aryl methyl sites for hydroxylation is 1. The molecule has 2 saturated heterocycles. The van der Waals surface area contributed by atoms with Gasteiger partial charge in [-0.15, -0.1) is 0 Å². The van der Waals surface area contributed by atoms with Gasteiger partial charge in [-0.05, 0) is 80.4 Å². The predicted octanol–water partition coefficient (Wildman–Crippen LogP) is 4.57. The van der Waals surface area contributed by atoms with E-state index in [0.29, 0.717) is 5.41 Å². The van der Waals surface area contributed by atoms with E-state index in [1.807, 2.05) is 12.1 Å². The van der Waals surface area contributed by atoms with Crippen molar-refractivity contribution >= 4 is 11.6 Å². The number of anilines is 1. The second-order valence-corrected chi connectivity index (χ2v) is 9.31. The second kappa shape index (κ2) is 9.76. The van der Waals surface area contributed by atoms with E-state index in [-0.39, 0.29) is 5.91 Å². The van der Waals surface area contributed by atoms with Gasteiger partial charge in [-0.1, -0.05) is 42.5 Å². The molecular weight excluding hydrogens is 370 g/mol. The van der Waals surface area contributed by atoms with E-state index in [9.17, 15) is 4.79 Å². The number of amides is 1. The van der Waals surface area contributed by atoms with Crippen molar-refractivity contribution in [2.45, 2.75) is 45.6 Å². The monoisotopic (exact) mass is 405 g/mol. The van der Waals surface area contributed by atoms with E-state index >= 15 is 0 Å². The summed E-state index contributed by atoms with van der Waals surface area (Å²) in [6.45, 7) is 8.73. The van der Waals surface area contributed by atoms with Gasteiger partial charge in [0.05, 0.1) is 0 Å². The number of hydrogen-bond acceptors (Lipinski definition) is 3. The van der Waals surface area contributed by atoms with Crippen LogP contribution in [-0.2, 0) is 17.8 Å². The van der Waals surface area contributed by atoms with Gasteiger partial charge in [-0.25, -0.2) is 0 Å². The smallest absolute Gasteiger partial charge is 0.221 e. The van der Waals surface area contributed by atoms with Gasteiger partial charge in [-0.3, -0.25) is 9.69 Å². The molecule has 0 unspecified atom stereocenters. The summed E-state index contributed by atoms with van der Waals surface area (Å²) < 4.78 is 0. The highest BCUT2D eigenvalue weighted by molar-refractivity contribution is 5.88. The zero-order valence-corrected chi connectivity index (χ0v) is 18.3. The largest absolute Gasteiger partial charge is 0.326 e. The second-order valence-electron chi connectivity index (χ2n) is 9.31. The number of rotatable bonds is 7. The van der Waals surface area contributed by atoms with E-state index in [0.717, 1.165) is 12.2 Å². The molecular formula is C26H35N3O. The van der Waals surface area contributed by atoms with Crippen molar-refractivity contribution in [3.8, 4) is 0 Å². The minimum atomic E-state index is -0.0187. The normalized spacial score (nSPS) is 22.4. The molecule has 160 valence electrons. The molecule has 0 aliphatic carbocycles. The molecule has 2 fully saturated rings. The molecule has 0 radical (unpaired) electrons. The molecule has 1 spiro atoms. The lowest BCUT2D eigenvalue weighted by molar-refractivity contribution is -0.114. The van der Waals surface area contributed by atoms with Crippen molar-refractivity contribution < 1.29 is 4.79 Å². The molecule has 1 N–H and O–H groups in total. The predicted molar refractivity (Wildman–Crippen MR) is 124 cm³/mol. The Balaban J connectivity index is 1.25. The summed E-state index contributed by atoms with van der Waals surface area (Å²) in [6, 6.07) is 19.2. The Kier molecular flexibility index (Phi) is 6.86. The summed E-state index contributed by atoms with van der Waals surface area (Å²) in [5, 5.41) is 2.85. The van der Waals surface area contributed by atoms with Crippen LogP contribution in [0.25, 0.3) is 0 Å². The lowest BCUT2D eigenvalue weighted by Gasteiger charge is -2.40. The zero-order valence-electron chi connectivity index (χ0n) is 18.3. The number of nitrogens with one attached hydrogen (secondary N) is 1. The third-order valence-corrected chi connectivity index (χ3v) is 6.72. The average molecular weight is 406 g/mol. The van der Waals surface area contributed by atoms with Crippen LogP contribution in [0.2, 0.25) is 0 Å². The maximum absolute atomic E-state index is 11.2. The molecule has 1 amide bonds. The molecule has 2 heterocycles. The number of likely N-dealkylation sites (tertiary alicyclic amines) is 2. The van der Waals surface area contributed by atoms with E-state index in [2.05, 4.69) is 57.6 Å². The van der Waals surface area contributed by atoms with Crippen molar-refractivity contribution in [3.63, 3.8) is 0 Å². The number of carbonyl (C=O) groups excluding carboxylic acids is 1. The first kappa shape index (κ1) is 21.1. The van der Waals surface area contributed by atoms with E-state index in [4.69, 9.17) is 0 Å². The molecule has 0 aromatic heterocycles. The lowest BCUT2D eigenvalue weighted by Crippen LogP contribution is -2.45. The fourth-order valence-corrected chi connectivity index (χ4v) is 5.30. The first-order valence-corrected chi connectivity index (χ1v) is 11.5. The Morgan fingerprint density at radius 1 is 0.933 bits per heavy atom. The number of nitrogens with zero attached hydrogens (tertiary/aromatic N) is 2. The SMILES string of the molecule is CC(=O)Nc1ccc(CN2CC[C@]3(CCCN(CCCc4ccccc4)C3)C2)cc1. The molecule has 1 atom stereocenters. The zero-order chi connectivity index (χ0) is 20.8. The topological polar surface area (TPSA) is 35.6 Å². The Hall–Kier alpha value is -2.17. The number of carbonyl (C=O) groups is 1. The highest BCUT2D eigenvalue weighted by Gasteiger charge is 2.40. The molecule has 4 nitrogen and oxygen atoms in total. The Bertz CT molecular complexity index is 820. The molecule has 2 aliphatic heterocycles. The molecule has 0 bridgehead atoms. The van der Waals surface area contributed by atoms with Crippen LogP contribution in [0.3, 0.4) is 0 Å². The molecule has 4 rings (SSSR count).